The van der Waals surface area contributed by atoms with E-state index in [2.05, 4.69) is 4.98 Å². The summed E-state index contributed by atoms with van der Waals surface area (Å²) in [6, 6.07) is 4.74. The minimum Gasteiger partial charge on any atom is -0.456 e. The number of carbonyl (C=O) groups is 1. The summed E-state index contributed by atoms with van der Waals surface area (Å²) in [6.07, 6.45) is -1.76. The fourth-order valence-corrected chi connectivity index (χ4v) is 1.89. The number of halogens is 3. The van der Waals surface area contributed by atoms with Crippen molar-refractivity contribution in [1.82, 2.24) is 9.55 Å². The van der Waals surface area contributed by atoms with Gasteiger partial charge in [-0.15, -0.1) is 0 Å². The molecule has 0 amide bonds. The Bertz CT molecular complexity index is 760. The number of esters is 1. The number of hydrogen-bond acceptors (Lipinski definition) is 4. The summed E-state index contributed by atoms with van der Waals surface area (Å²) in [5.41, 5.74) is -1.31. The number of carbonyl (C=O) groups excluding carboxylic acids is 1. The van der Waals surface area contributed by atoms with Crippen molar-refractivity contribution < 1.29 is 22.7 Å². The van der Waals surface area contributed by atoms with Gasteiger partial charge in [0, 0.05) is 18.3 Å². The maximum Gasteiger partial charge on any atom is 0.416 e. The molecule has 8 heteroatoms. The zero-order valence-electron chi connectivity index (χ0n) is 12.1. The first-order valence-electron chi connectivity index (χ1n) is 6.64. The van der Waals surface area contributed by atoms with Crippen molar-refractivity contribution in [3.05, 3.63) is 53.1 Å². The lowest BCUT2D eigenvalue weighted by Crippen LogP contribution is -2.13. The third-order valence-electron chi connectivity index (χ3n) is 3.11. The maximum atomic E-state index is 13.0. The van der Waals surface area contributed by atoms with Crippen LogP contribution in [0.4, 0.5) is 13.2 Å². The van der Waals surface area contributed by atoms with E-state index in [-0.39, 0.29) is 16.8 Å². The number of nitriles is 1. The van der Waals surface area contributed by atoms with E-state index in [4.69, 9.17) is 10.00 Å². The molecule has 2 aromatic rings. The predicted octanol–water partition coefficient (Wildman–Crippen LogP) is 3.15. The van der Waals surface area contributed by atoms with Crippen molar-refractivity contribution in [2.75, 3.05) is 0 Å². The van der Waals surface area contributed by atoms with Gasteiger partial charge in [0.25, 0.3) is 0 Å². The largest absolute Gasteiger partial charge is 0.456 e. The molecule has 0 aliphatic rings. The van der Waals surface area contributed by atoms with Crippen LogP contribution in [0.3, 0.4) is 0 Å². The lowest BCUT2D eigenvalue weighted by molar-refractivity contribution is -0.138. The summed E-state index contributed by atoms with van der Waals surface area (Å²) >= 11 is 0. The van der Waals surface area contributed by atoms with E-state index >= 15 is 0 Å². The molecule has 0 radical (unpaired) electrons. The van der Waals surface area contributed by atoms with Crippen LogP contribution in [0, 0.1) is 11.3 Å². The van der Waals surface area contributed by atoms with Crippen LogP contribution in [0.1, 0.15) is 34.1 Å². The second-order valence-corrected chi connectivity index (χ2v) is 4.65. The number of alkyl halides is 3. The van der Waals surface area contributed by atoms with Gasteiger partial charge in [-0.3, -0.25) is 0 Å². The Morgan fingerprint density at radius 3 is 2.74 bits per heavy atom. The van der Waals surface area contributed by atoms with Crippen molar-refractivity contribution in [2.24, 2.45) is 0 Å². The van der Waals surface area contributed by atoms with E-state index in [1.165, 1.54) is 18.6 Å². The van der Waals surface area contributed by atoms with Gasteiger partial charge in [0.05, 0.1) is 23.5 Å². The van der Waals surface area contributed by atoms with Crippen LogP contribution in [0.5, 0.6) is 0 Å². The summed E-state index contributed by atoms with van der Waals surface area (Å²) < 4.78 is 45.5. The Labute approximate surface area is 129 Å². The number of benzene rings is 1. The predicted molar refractivity (Wildman–Crippen MR) is 73.2 cm³/mol. The van der Waals surface area contributed by atoms with E-state index in [0.29, 0.717) is 6.54 Å². The molecule has 0 unspecified atom stereocenters. The van der Waals surface area contributed by atoms with E-state index in [1.807, 2.05) is 6.92 Å². The minimum atomic E-state index is -4.64. The molecule has 0 saturated heterocycles. The molecule has 0 saturated carbocycles. The van der Waals surface area contributed by atoms with Crippen LogP contribution in [0.15, 0.2) is 30.7 Å². The number of hydrogen-bond donors (Lipinski definition) is 0. The van der Waals surface area contributed by atoms with Crippen LogP contribution in [0.25, 0.3) is 0 Å². The SMILES string of the molecule is CCn1cnc(C(=O)OCc2ccc(C#N)cc2C(F)(F)F)c1. The number of imidazole rings is 1. The van der Waals surface area contributed by atoms with E-state index in [1.54, 1.807) is 10.6 Å². The highest BCUT2D eigenvalue weighted by molar-refractivity contribution is 5.86. The number of ether oxygens (including phenoxy) is 1. The van der Waals surface area contributed by atoms with Crippen molar-refractivity contribution in [2.45, 2.75) is 26.3 Å². The number of rotatable bonds is 4. The average molecular weight is 323 g/mol. The third-order valence-corrected chi connectivity index (χ3v) is 3.11. The first-order chi connectivity index (χ1) is 10.8. The summed E-state index contributed by atoms with van der Waals surface area (Å²) in [5, 5.41) is 8.70. The normalized spacial score (nSPS) is 11.1. The van der Waals surface area contributed by atoms with Gasteiger partial charge in [-0.1, -0.05) is 6.07 Å². The molecule has 1 aromatic carbocycles. The monoisotopic (exact) mass is 323 g/mol. The van der Waals surface area contributed by atoms with E-state index in [0.717, 1.165) is 12.1 Å². The molecule has 1 heterocycles. The molecule has 2 rings (SSSR count). The lowest BCUT2D eigenvalue weighted by atomic mass is 10.0. The van der Waals surface area contributed by atoms with Crippen molar-refractivity contribution in [1.29, 1.82) is 5.26 Å². The zero-order chi connectivity index (χ0) is 17.0. The van der Waals surface area contributed by atoms with Crippen molar-refractivity contribution >= 4 is 5.97 Å². The second kappa shape index (κ2) is 6.52. The van der Waals surface area contributed by atoms with Gasteiger partial charge in [-0.2, -0.15) is 18.4 Å². The fraction of sp³-hybridized carbons (Fsp3) is 0.267. The average Bonchev–Trinajstić information content (AvgIpc) is 3.00. The molecule has 23 heavy (non-hydrogen) atoms. The molecule has 0 atom stereocenters. The molecule has 120 valence electrons. The number of aryl methyl sites for hydroxylation is 1. The molecule has 0 fully saturated rings. The standard InChI is InChI=1S/C15H12F3N3O2/c1-2-21-7-13(20-9-21)14(22)23-8-11-4-3-10(6-19)5-12(11)15(16,17)18/h3-5,7,9H,2,8H2,1H3. The topological polar surface area (TPSA) is 67.9 Å². The quantitative estimate of drug-likeness (QED) is 0.811. The van der Waals surface area contributed by atoms with E-state index in [9.17, 15) is 18.0 Å². The Morgan fingerprint density at radius 2 is 2.17 bits per heavy atom. The van der Waals surface area contributed by atoms with Crippen LogP contribution < -0.4 is 0 Å². The Hall–Kier alpha value is -2.82. The molecule has 0 N–H and O–H groups in total. The summed E-state index contributed by atoms with van der Waals surface area (Å²) in [4.78, 5) is 15.6. The van der Waals surface area contributed by atoms with Gasteiger partial charge in [0.15, 0.2) is 5.69 Å². The second-order valence-electron chi connectivity index (χ2n) is 4.65. The summed E-state index contributed by atoms with van der Waals surface area (Å²) in [5.74, 6) is -0.810. The molecule has 5 nitrogen and oxygen atoms in total. The minimum absolute atomic E-state index is 0.0223. The van der Waals surface area contributed by atoms with Crippen LogP contribution in [-0.2, 0) is 24.1 Å². The Morgan fingerprint density at radius 1 is 1.43 bits per heavy atom. The van der Waals surface area contributed by atoms with Crippen LogP contribution >= 0.6 is 0 Å². The Balaban J connectivity index is 2.17. The number of aromatic nitrogens is 2. The molecule has 0 spiro atoms. The van der Waals surface area contributed by atoms with Crippen LogP contribution in [0.2, 0.25) is 0 Å². The summed E-state index contributed by atoms with van der Waals surface area (Å²) in [7, 11) is 0. The highest BCUT2D eigenvalue weighted by Crippen LogP contribution is 2.33. The highest BCUT2D eigenvalue weighted by atomic mass is 19.4. The summed E-state index contributed by atoms with van der Waals surface area (Å²) in [6.45, 7) is 1.90. The van der Waals surface area contributed by atoms with Gasteiger partial charge in [-0.05, 0) is 19.1 Å². The zero-order valence-corrected chi connectivity index (χ0v) is 12.1. The maximum absolute atomic E-state index is 13.0. The Kier molecular flexibility index (Phi) is 4.69. The first kappa shape index (κ1) is 16.5. The fourth-order valence-electron chi connectivity index (χ4n) is 1.89. The lowest BCUT2D eigenvalue weighted by Gasteiger charge is -2.13. The number of nitrogens with zero attached hydrogens (tertiary/aromatic N) is 3. The molecular formula is C15H12F3N3O2. The van der Waals surface area contributed by atoms with Crippen LogP contribution in [-0.4, -0.2) is 15.5 Å². The van der Waals surface area contributed by atoms with E-state index < -0.39 is 24.3 Å². The van der Waals surface area contributed by atoms with Gasteiger partial charge in [0.2, 0.25) is 0 Å². The molecular weight excluding hydrogens is 311 g/mol. The first-order valence-corrected chi connectivity index (χ1v) is 6.64. The molecule has 0 bridgehead atoms. The molecule has 1 aromatic heterocycles. The van der Waals surface area contributed by atoms with Gasteiger partial charge in [0.1, 0.15) is 6.61 Å². The van der Waals surface area contributed by atoms with Gasteiger partial charge >= 0.3 is 12.1 Å². The molecule has 0 aliphatic heterocycles. The van der Waals surface area contributed by atoms with Gasteiger partial charge in [-0.25, -0.2) is 9.78 Å². The van der Waals surface area contributed by atoms with Crippen molar-refractivity contribution in [3.8, 4) is 6.07 Å². The third kappa shape index (κ3) is 3.88. The van der Waals surface area contributed by atoms with Crippen molar-refractivity contribution in [3.63, 3.8) is 0 Å². The molecule has 0 aliphatic carbocycles. The highest BCUT2D eigenvalue weighted by Gasteiger charge is 2.34. The van der Waals surface area contributed by atoms with Gasteiger partial charge < -0.3 is 9.30 Å². The smallest absolute Gasteiger partial charge is 0.416 e.